The molecule has 1 aliphatic rings. The van der Waals surface area contributed by atoms with Gasteiger partial charge in [-0.2, -0.15) is 20.2 Å². The third-order valence-corrected chi connectivity index (χ3v) is 5.66. The summed E-state index contributed by atoms with van der Waals surface area (Å²) in [6, 6.07) is 18.1. The lowest BCUT2D eigenvalue weighted by atomic mass is 10.1. The monoisotopic (exact) mass is 428 g/mol. The molecule has 1 aliphatic heterocycles. The van der Waals surface area contributed by atoms with E-state index in [2.05, 4.69) is 49.1 Å². The maximum atomic E-state index is 9.01. The van der Waals surface area contributed by atoms with Gasteiger partial charge in [0.25, 0.3) is 0 Å². The van der Waals surface area contributed by atoms with Crippen LogP contribution in [-0.2, 0) is 13.0 Å². The minimum atomic E-state index is 0.223. The molecule has 0 aliphatic carbocycles. The van der Waals surface area contributed by atoms with Crippen LogP contribution < -0.4 is 16.0 Å². The lowest BCUT2D eigenvalue weighted by molar-refractivity contribution is 0.278. The van der Waals surface area contributed by atoms with E-state index in [1.54, 1.807) is 0 Å². The van der Waals surface area contributed by atoms with Crippen molar-refractivity contribution in [3.05, 3.63) is 65.5 Å². The summed E-state index contributed by atoms with van der Waals surface area (Å²) in [4.78, 5) is 18.0. The Morgan fingerprint density at radius 2 is 1.81 bits per heavy atom. The largest absolute Gasteiger partial charge is 0.370 e. The van der Waals surface area contributed by atoms with Gasteiger partial charge >= 0.3 is 0 Å². The standard InChI is InChI=1S/C24H28N8/c1-2-19-6-3-4-7-21(19)27-24-29-22(28-23(26)30-24)17-31-12-5-13-32(15-14-31)20-10-8-18(16-25)9-11-20/h3-4,6-11H,2,5,12-15,17H2,1H3,(H3,26,27,28,29,30). The molecule has 1 saturated heterocycles. The Morgan fingerprint density at radius 3 is 2.59 bits per heavy atom. The topological polar surface area (TPSA) is 107 Å². The van der Waals surface area contributed by atoms with E-state index in [4.69, 9.17) is 11.0 Å². The molecule has 0 amide bonds. The second-order valence-electron chi connectivity index (χ2n) is 7.84. The molecule has 2 aromatic carbocycles. The Kier molecular flexibility index (Phi) is 6.78. The van der Waals surface area contributed by atoms with Crippen LogP contribution in [0.1, 0.15) is 30.3 Å². The van der Waals surface area contributed by atoms with Crippen molar-refractivity contribution in [2.24, 2.45) is 0 Å². The molecule has 0 atom stereocenters. The molecule has 0 spiro atoms. The quantitative estimate of drug-likeness (QED) is 0.616. The molecule has 8 heteroatoms. The van der Waals surface area contributed by atoms with Crippen LogP contribution in [0.5, 0.6) is 0 Å². The van der Waals surface area contributed by atoms with Crippen molar-refractivity contribution in [1.82, 2.24) is 19.9 Å². The first-order valence-electron chi connectivity index (χ1n) is 11.0. The summed E-state index contributed by atoms with van der Waals surface area (Å²) in [6.07, 6.45) is 1.95. The van der Waals surface area contributed by atoms with E-state index >= 15 is 0 Å². The fourth-order valence-corrected chi connectivity index (χ4v) is 3.97. The summed E-state index contributed by atoms with van der Waals surface area (Å²) in [5, 5.41) is 12.3. The van der Waals surface area contributed by atoms with Crippen LogP contribution in [0.15, 0.2) is 48.5 Å². The number of aryl methyl sites for hydroxylation is 1. The molecule has 0 saturated carbocycles. The molecule has 3 N–H and O–H groups in total. The fourth-order valence-electron chi connectivity index (χ4n) is 3.97. The highest BCUT2D eigenvalue weighted by molar-refractivity contribution is 5.58. The number of nitrogens with zero attached hydrogens (tertiary/aromatic N) is 6. The molecule has 1 aromatic heterocycles. The molecular weight excluding hydrogens is 400 g/mol. The third-order valence-electron chi connectivity index (χ3n) is 5.66. The van der Waals surface area contributed by atoms with Crippen LogP contribution in [0.3, 0.4) is 0 Å². The zero-order valence-corrected chi connectivity index (χ0v) is 18.3. The minimum absolute atomic E-state index is 0.223. The Bertz CT molecular complexity index is 1090. The van der Waals surface area contributed by atoms with Gasteiger partial charge in [0, 0.05) is 37.6 Å². The molecule has 4 rings (SSSR count). The predicted octanol–water partition coefficient (Wildman–Crippen LogP) is 3.34. The lowest BCUT2D eigenvalue weighted by Crippen LogP contribution is -2.31. The van der Waals surface area contributed by atoms with Crippen LogP contribution >= 0.6 is 0 Å². The highest BCUT2D eigenvalue weighted by atomic mass is 15.2. The number of nitrogens with two attached hydrogens (primary N) is 1. The van der Waals surface area contributed by atoms with Gasteiger partial charge in [-0.1, -0.05) is 25.1 Å². The first-order chi connectivity index (χ1) is 15.6. The summed E-state index contributed by atoms with van der Waals surface area (Å²) in [7, 11) is 0. The maximum Gasteiger partial charge on any atom is 0.232 e. The first kappa shape index (κ1) is 21.5. The highest BCUT2D eigenvalue weighted by Crippen LogP contribution is 2.21. The number of nitriles is 1. The SMILES string of the molecule is CCc1ccccc1Nc1nc(N)nc(CN2CCCN(c3ccc(C#N)cc3)CC2)n1. The number of aromatic nitrogens is 3. The summed E-state index contributed by atoms with van der Waals surface area (Å²) < 4.78 is 0. The van der Waals surface area contributed by atoms with Gasteiger partial charge in [-0.15, -0.1) is 0 Å². The van der Waals surface area contributed by atoms with E-state index in [0.717, 1.165) is 50.4 Å². The van der Waals surface area contributed by atoms with Crippen molar-refractivity contribution < 1.29 is 0 Å². The molecule has 2 heterocycles. The summed E-state index contributed by atoms with van der Waals surface area (Å²) in [5.74, 6) is 1.36. The third kappa shape index (κ3) is 5.31. The van der Waals surface area contributed by atoms with Gasteiger partial charge in [0.2, 0.25) is 11.9 Å². The number of rotatable bonds is 6. The Hall–Kier alpha value is -3.70. The predicted molar refractivity (Wildman–Crippen MR) is 127 cm³/mol. The van der Waals surface area contributed by atoms with Crippen LogP contribution in [0.4, 0.5) is 23.3 Å². The summed E-state index contributed by atoms with van der Waals surface area (Å²) in [5.41, 5.74) is 10.0. The lowest BCUT2D eigenvalue weighted by Gasteiger charge is -2.23. The van der Waals surface area contributed by atoms with Crippen LogP contribution in [0, 0.1) is 11.3 Å². The molecule has 164 valence electrons. The van der Waals surface area contributed by atoms with Crippen molar-refractivity contribution >= 4 is 23.3 Å². The van der Waals surface area contributed by atoms with Gasteiger partial charge in [0.1, 0.15) is 5.82 Å². The second-order valence-corrected chi connectivity index (χ2v) is 7.84. The highest BCUT2D eigenvalue weighted by Gasteiger charge is 2.17. The van der Waals surface area contributed by atoms with Crippen molar-refractivity contribution in [2.75, 3.05) is 42.1 Å². The zero-order valence-electron chi connectivity index (χ0n) is 18.3. The van der Waals surface area contributed by atoms with Gasteiger partial charge in [-0.3, -0.25) is 4.90 Å². The van der Waals surface area contributed by atoms with Gasteiger partial charge in [-0.25, -0.2) is 0 Å². The van der Waals surface area contributed by atoms with Gasteiger partial charge in [-0.05, 0) is 48.7 Å². The second kappa shape index (κ2) is 10.1. The molecule has 0 radical (unpaired) electrons. The first-order valence-corrected chi connectivity index (χ1v) is 11.0. The van der Waals surface area contributed by atoms with Crippen molar-refractivity contribution in [3.63, 3.8) is 0 Å². The molecule has 8 nitrogen and oxygen atoms in total. The van der Waals surface area contributed by atoms with E-state index in [9.17, 15) is 0 Å². The van der Waals surface area contributed by atoms with Crippen LogP contribution in [0.25, 0.3) is 0 Å². The number of hydrogen-bond donors (Lipinski definition) is 2. The Morgan fingerprint density at radius 1 is 1.00 bits per heavy atom. The van der Waals surface area contributed by atoms with E-state index < -0.39 is 0 Å². The Balaban J connectivity index is 1.42. The van der Waals surface area contributed by atoms with Crippen LogP contribution in [0.2, 0.25) is 0 Å². The normalized spacial score (nSPS) is 14.6. The average Bonchev–Trinajstić information content (AvgIpc) is 3.05. The number of para-hydroxylation sites is 1. The Labute approximate surface area is 188 Å². The maximum absolute atomic E-state index is 9.01. The molecule has 0 bridgehead atoms. The van der Waals surface area contributed by atoms with E-state index in [1.165, 1.54) is 5.56 Å². The number of nitrogens with one attached hydrogen (secondary N) is 1. The molecule has 1 fully saturated rings. The summed E-state index contributed by atoms with van der Waals surface area (Å²) >= 11 is 0. The molecule has 32 heavy (non-hydrogen) atoms. The molecule has 3 aromatic rings. The van der Waals surface area contributed by atoms with E-state index in [0.29, 0.717) is 23.9 Å². The number of anilines is 4. The molecule has 0 unspecified atom stereocenters. The van der Waals surface area contributed by atoms with Crippen molar-refractivity contribution in [3.8, 4) is 6.07 Å². The summed E-state index contributed by atoms with van der Waals surface area (Å²) in [6.45, 7) is 6.48. The minimum Gasteiger partial charge on any atom is -0.370 e. The van der Waals surface area contributed by atoms with Gasteiger partial charge in [0.15, 0.2) is 0 Å². The van der Waals surface area contributed by atoms with Crippen molar-refractivity contribution in [1.29, 1.82) is 5.26 Å². The van der Waals surface area contributed by atoms with Gasteiger partial charge in [0.05, 0.1) is 18.2 Å². The average molecular weight is 429 g/mol. The fraction of sp³-hybridized carbons (Fsp3) is 0.333. The van der Waals surface area contributed by atoms with E-state index in [1.807, 2.05) is 42.5 Å². The molecular formula is C24H28N8. The zero-order chi connectivity index (χ0) is 22.3. The number of nitrogen functional groups attached to an aromatic ring is 1. The van der Waals surface area contributed by atoms with Crippen molar-refractivity contribution in [2.45, 2.75) is 26.3 Å². The smallest absolute Gasteiger partial charge is 0.232 e. The number of hydrogen-bond acceptors (Lipinski definition) is 8. The van der Waals surface area contributed by atoms with Crippen LogP contribution in [-0.4, -0.2) is 46.0 Å². The van der Waals surface area contributed by atoms with Gasteiger partial charge < -0.3 is 16.0 Å². The number of benzene rings is 2. The van der Waals surface area contributed by atoms with E-state index in [-0.39, 0.29) is 5.95 Å².